The Labute approximate surface area is 193 Å². The summed E-state index contributed by atoms with van der Waals surface area (Å²) >= 11 is 13.3. The maximum absolute atomic E-state index is 11.5. The Morgan fingerprint density at radius 2 is 1.97 bits per heavy atom. The fourth-order valence-electron chi connectivity index (χ4n) is 4.00. The second kappa shape index (κ2) is 8.86. The number of benzene rings is 1. The molecule has 2 heterocycles. The molecular formula is C20H23Cl2N3O7. The van der Waals surface area contributed by atoms with Gasteiger partial charge in [0.25, 0.3) is 0 Å². The van der Waals surface area contributed by atoms with E-state index in [2.05, 4.69) is 10.1 Å². The summed E-state index contributed by atoms with van der Waals surface area (Å²) in [4.78, 5) is 14.6. The van der Waals surface area contributed by atoms with Crippen molar-refractivity contribution in [2.45, 2.75) is 67.0 Å². The Hall–Kier alpha value is -1.79. The van der Waals surface area contributed by atoms with Crippen LogP contribution in [0.5, 0.6) is 0 Å². The fraction of sp³-hybridized carbons (Fsp3) is 0.550. The van der Waals surface area contributed by atoms with Gasteiger partial charge in [-0.25, -0.2) is 14.5 Å². The van der Waals surface area contributed by atoms with E-state index >= 15 is 0 Å². The van der Waals surface area contributed by atoms with Gasteiger partial charge < -0.3 is 29.9 Å². The molecule has 2 aliphatic rings. The van der Waals surface area contributed by atoms with Crippen molar-refractivity contribution in [1.29, 1.82) is 0 Å². The molecule has 6 atom stereocenters. The van der Waals surface area contributed by atoms with Crippen LogP contribution in [0.2, 0.25) is 5.02 Å². The van der Waals surface area contributed by atoms with E-state index in [-0.39, 0.29) is 13.0 Å². The molecule has 4 N–H and O–H groups in total. The van der Waals surface area contributed by atoms with Gasteiger partial charge in [0.05, 0.1) is 11.4 Å². The maximum Gasteiger partial charge on any atom is 0.335 e. The molecular weight excluding hydrogens is 465 g/mol. The number of carbonyl (C=O) groups is 1. The Morgan fingerprint density at radius 1 is 1.25 bits per heavy atom. The number of aliphatic hydroxyl groups is 3. The number of aliphatic carboxylic acids is 1. The predicted molar refractivity (Wildman–Crippen MR) is 111 cm³/mol. The number of hydrogen-bond acceptors (Lipinski definition) is 8. The Morgan fingerprint density at radius 3 is 2.56 bits per heavy atom. The normalized spacial score (nSPS) is 31.1. The van der Waals surface area contributed by atoms with Crippen molar-refractivity contribution in [2.75, 3.05) is 0 Å². The summed E-state index contributed by atoms with van der Waals surface area (Å²) in [5.41, 5.74) is -0.564. The molecule has 1 aliphatic heterocycles. The number of rotatable bonds is 8. The van der Waals surface area contributed by atoms with Gasteiger partial charge in [0.1, 0.15) is 36.6 Å². The summed E-state index contributed by atoms with van der Waals surface area (Å²) in [5.74, 6) is -1.50. The number of hydrogen-bond donors (Lipinski definition) is 4. The molecule has 32 heavy (non-hydrogen) atoms. The number of carboxylic acids is 1. The largest absolute Gasteiger partial charge is 0.479 e. The van der Waals surface area contributed by atoms with Crippen LogP contribution in [0, 0.1) is 0 Å². The van der Waals surface area contributed by atoms with Crippen LogP contribution in [0.4, 0.5) is 0 Å². The van der Waals surface area contributed by atoms with Crippen molar-refractivity contribution in [3.05, 3.63) is 47.5 Å². The van der Waals surface area contributed by atoms with Crippen LogP contribution in [0.15, 0.2) is 36.9 Å². The number of carboxylic acid groups (broad SMARTS) is 1. The smallest absolute Gasteiger partial charge is 0.335 e. The molecule has 1 aromatic carbocycles. The summed E-state index contributed by atoms with van der Waals surface area (Å²) in [7, 11) is 0. The van der Waals surface area contributed by atoms with Crippen molar-refractivity contribution in [3.8, 4) is 0 Å². The average molecular weight is 488 g/mol. The first-order valence-corrected chi connectivity index (χ1v) is 10.8. The molecule has 4 rings (SSSR count). The third kappa shape index (κ3) is 4.36. The number of aromatic nitrogens is 3. The molecule has 0 spiro atoms. The summed E-state index contributed by atoms with van der Waals surface area (Å²) in [6.45, 7) is 0.0880. The van der Waals surface area contributed by atoms with E-state index in [0.717, 1.165) is 0 Å². The van der Waals surface area contributed by atoms with Crippen molar-refractivity contribution in [2.24, 2.45) is 0 Å². The van der Waals surface area contributed by atoms with E-state index in [9.17, 15) is 25.2 Å². The van der Waals surface area contributed by atoms with Crippen molar-refractivity contribution in [1.82, 2.24) is 14.8 Å². The number of nitrogens with zero attached hydrogens (tertiary/aromatic N) is 3. The maximum atomic E-state index is 11.5. The highest BCUT2D eigenvalue weighted by Gasteiger charge is 2.62. The van der Waals surface area contributed by atoms with Crippen LogP contribution < -0.4 is 0 Å². The zero-order valence-corrected chi connectivity index (χ0v) is 18.3. The fourth-order valence-corrected chi connectivity index (χ4v) is 4.47. The topological polar surface area (TPSA) is 147 Å². The van der Waals surface area contributed by atoms with Gasteiger partial charge in [-0.1, -0.05) is 29.8 Å². The van der Waals surface area contributed by atoms with E-state index in [1.165, 1.54) is 17.3 Å². The predicted octanol–water partition coefficient (Wildman–Crippen LogP) is 0.593. The van der Waals surface area contributed by atoms with E-state index in [4.69, 9.17) is 32.7 Å². The zero-order valence-electron chi connectivity index (χ0n) is 16.8. The lowest BCUT2D eigenvalue weighted by molar-refractivity contribution is -0.323. The van der Waals surface area contributed by atoms with Gasteiger partial charge in [0.2, 0.25) is 0 Å². The van der Waals surface area contributed by atoms with Gasteiger partial charge in [0.15, 0.2) is 12.4 Å². The molecule has 1 aliphatic carbocycles. The van der Waals surface area contributed by atoms with Crippen LogP contribution >= 0.6 is 23.2 Å². The van der Waals surface area contributed by atoms with E-state index in [0.29, 0.717) is 23.4 Å². The zero-order chi connectivity index (χ0) is 23.1. The second-order valence-electron chi connectivity index (χ2n) is 8.17. The molecule has 1 unspecified atom stereocenters. The molecule has 2 aromatic rings. The minimum absolute atomic E-state index is 0.0880. The second-order valence-corrected chi connectivity index (χ2v) is 9.30. The first-order chi connectivity index (χ1) is 15.2. The minimum Gasteiger partial charge on any atom is -0.479 e. The van der Waals surface area contributed by atoms with Crippen LogP contribution in [0.1, 0.15) is 18.4 Å². The van der Waals surface area contributed by atoms with Crippen LogP contribution in [0.25, 0.3) is 0 Å². The highest BCUT2D eigenvalue weighted by Crippen LogP contribution is 2.55. The van der Waals surface area contributed by atoms with Crippen molar-refractivity contribution in [3.63, 3.8) is 0 Å². The van der Waals surface area contributed by atoms with E-state index < -0.39 is 47.2 Å². The standard InChI is InChI=1S/C20H23Cl2N3O7/c21-12-4-2-1-3-11(12)7-20(19(22)5-6-19,8-25-10-23-9-24-25)32-18-15(28)13(26)14(27)16(31-18)17(29)30/h1-4,9-10,13-16,18,26-28H,5-8H2,(H,29,30)/t13-,14-,15+,16-,18-,20?/m0/s1. The lowest BCUT2D eigenvalue weighted by Gasteiger charge is -2.45. The van der Waals surface area contributed by atoms with Gasteiger partial charge in [0, 0.05) is 11.4 Å². The number of alkyl halides is 1. The first-order valence-electron chi connectivity index (χ1n) is 10.0. The molecule has 0 bridgehead atoms. The van der Waals surface area contributed by atoms with Gasteiger partial charge in [-0.05, 0) is 24.5 Å². The van der Waals surface area contributed by atoms with Crippen LogP contribution in [0.3, 0.4) is 0 Å². The van der Waals surface area contributed by atoms with Crippen molar-refractivity contribution < 1.29 is 34.7 Å². The molecule has 1 saturated carbocycles. The lowest BCUT2D eigenvalue weighted by Crippen LogP contribution is -2.63. The van der Waals surface area contributed by atoms with E-state index in [1.807, 2.05) is 6.07 Å². The highest BCUT2D eigenvalue weighted by molar-refractivity contribution is 6.31. The van der Waals surface area contributed by atoms with Gasteiger partial charge in [-0.3, -0.25) is 0 Å². The molecule has 10 nitrogen and oxygen atoms in total. The van der Waals surface area contributed by atoms with Gasteiger partial charge >= 0.3 is 5.97 Å². The van der Waals surface area contributed by atoms with Crippen molar-refractivity contribution >= 4 is 29.2 Å². The number of aliphatic hydroxyl groups excluding tert-OH is 3. The quantitative estimate of drug-likeness (QED) is 0.392. The van der Waals surface area contributed by atoms with Gasteiger partial charge in [-0.2, -0.15) is 5.10 Å². The van der Waals surface area contributed by atoms with Gasteiger partial charge in [-0.15, -0.1) is 11.6 Å². The lowest BCUT2D eigenvalue weighted by atomic mass is 9.87. The monoisotopic (exact) mass is 487 g/mol. The molecule has 1 saturated heterocycles. The molecule has 2 fully saturated rings. The highest BCUT2D eigenvalue weighted by atomic mass is 35.5. The molecule has 0 radical (unpaired) electrons. The molecule has 0 amide bonds. The summed E-state index contributed by atoms with van der Waals surface area (Å²) in [5, 5.41) is 44.8. The van der Waals surface area contributed by atoms with E-state index in [1.54, 1.807) is 18.2 Å². The first kappa shape index (κ1) is 23.4. The SMILES string of the molecule is O=C(O)[C@H]1O[C@@H](OC(Cc2ccccc2Cl)(Cn2cncn2)C2(Cl)CC2)[C@H](O)[C@@H](O)[C@@H]1O. The van der Waals surface area contributed by atoms with Crippen LogP contribution in [-0.4, -0.2) is 82.3 Å². The summed E-state index contributed by atoms with van der Waals surface area (Å²) in [6, 6.07) is 7.11. The third-order valence-corrected chi connectivity index (χ3v) is 7.07. The molecule has 1 aromatic heterocycles. The summed E-state index contributed by atoms with van der Waals surface area (Å²) < 4.78 is 13.2. The third-order valence-electron chi connectivity index (χ3n) is 5.98. The summed E-state index contributed by atoms with van der Waals surface area (Å²) in [6.07, 6.45) is -4.59. The minimum atomic E-state index is -1.83. The van der Waals surface area contributed by atoms with Crippen LogP contribution in [-0.2, 0) is 27.2 Å². The Kier molecular flexibility index (Phi) is 6.47. The average Bonchev–Trinajstić information content (AvgIpc) is 3.31. The Bertz CT molecular complexity index is 958. The molecule has 174 valence electrons. The number of halogens is 2. The number of ether oxygens (including phenoxy) is 2. The molecule has 12 heteroatoms. The Balaban J connectivity index is 1.73.